The summed E-state index contributed by atoms with van der Waals surface area (Å²) in [5.41, 5.74) is 4.26. The first kappa shape index (κ1) is 28.5. The van der Waals surface area contributed by atoms with Gasteiger partial charge in [-0.05, 0) is 48.7 Å². The molecule has 8 nitrogen and oxygen atoms in total. The van der Waals surface area contributed by atoms with Gasteiger partial charge in [0, 0.05) is 69.7 Å². The van der Waals surface area contributed by atoms with Crippen LogP contribution in [-0.4, -0.2) is 74.2 Å². The van der Waals surface area contributed by atoms with Gasteiger partial charge in [0.2, 0.25) is 5.91 Å². The summed E-state index contributed by atoms with van der Waals surface area (Å²) in [7, 11) is 1.61. The minimum absolute atomic E-state index is 0.0940. The molecular formula is C33H41N5O3. The maximum absolute atomic E-state index is 12.9. The number of para-hydroxylation sites is 4. The number of benzene rings is 3. The zero-order valence-corrected chi connectivity index (χ0v) is 24.2. The summed E-state index contributed by atoms with van der Waals surface area (Å²) in [5.74, 6) is 0.843. The molecule has 0 atom stereocenters. The number of urea groups is 1. The molecule has 2 aliphatic heterocycles. The van der Waals surface area contributed by atoms with Gasteiger partial charge in [-0.15, -0.1) is 0 Å². The van der Waals surface area contributed by atoms with E-state index in [-0.39, 0.29) is 18.0 Å². The fraction of sp³-hybridized carbons (Fsp3) is 0.394. The highest BCUT2D eigenvalue weighted by atomic mass is 16.5. The SMILES string of the molecule is CCC(=O)N(c1ccccc1)C1CCN(c2ccccc2CN2CCN(C(=O)Nc3ccccc3OC)CC2)CC1. The first-order valence-electron chi connectivity index (χ1n) is 14.7. The van der Waals surface area contributed by atoms with Crippen molar-refractivity contribution in [3.63, 3.8) is 0 Å². The van der Waals surface area contributed by atoms with Gasteiger partial charge in [0.05, 0.1) is 12.8 Å². The van der Waals surface area contributed by atoms with Crippen molar-refractivity contribution in [2.45, 2.75) is 38.8 Å². The van der Waals surface area contributed by atoms with Gasteiger partial charge in [0.1, 0.15) is 5.75 Å². The summed E-state index contributed by atoms with van der Waals surface area (Å²) >= 11 is 0. The molecule has 2 aliphatic rings. The molecule has 3 aromatic carbocycles. The number of nitrogens with one attached hydrogen (secondary N) is 1. The van der Waals surface area contributed by atoms with E-state index in [2.05, 4.69) is 39.4 Å². The second kappa shape index (κ2) is 13.5. The number of hydrogen-bond donors (Lipinski definition) is 1. The summed E-state index contributed by atoms with van der Waals surface area (Å²) in [6.45, 7) is 7.61. The van der Waals surface area contributed by atoms with E-state index in [4.69, 9.17) is 4.74 Å². The largest absolute Gasteiger partial charge is 0.495 e. The Bertz CT molecular complexity index is 1300. The minimum Gasteiger partial charge on any atom is -0.495 e. The number of piperidine rings is 1. The van der Waals surface area contributed by atoms with E-state index in [9.17, 15) is 9.59 Å². The molecule has 0 aliphatic carbocycles. The van der Waals surface area contributed by atoms with Gasteiger partial charge >= 0.3 is 6.03 Å². The Morgan fingerprint density at radius 3 is 2.22 bits per heavy atom. The van der Waals surface area contributed by atoms with Crippen molar-refractivity contribution in [3.05, 3.63) is 84.4 Å². The van der Waals surface area contributed by atoms with Crippen molar-refractivity contribution in [3.8, 4) is 5.75 Å². The summed E-state index contributed by atoms with van der Waals surface area (Å²) < 4.78 is 5.37. The van der Waals surface area contributed by atoms with Crippen molar-refractivity contribution in [1.29, 1.82) is 0 Å². The van der Waals surface area contributed by atoms with Gasteiger partial charge in [-0.25, -0.2) is 4.79 Å². The summed E-state index contributed by atoms with van der Waals surface area (Å²) in [6, 6.07) is 26.3. The molecule has 216 valence electrons. The first-order valence-corrected chi connectivity index (χ1v) is 14.7. The molecule has 3 amide bonds. The number of carbonyl (C=O) groups excluding carboxylic acids is 2. The van der Waals surface area contributed by atoms with Crippen molar-refractivity contribution in [2.75, 3.05) is 61.5 Å². The van der Waals surface area contributed by atoms with Gasteiger partial charge in [0.25, 0.3) is 0 Å². The van der Waals surface area contributed by atoms with Gasteiger partial charge in [-0.3, -0.25) is 9.69 Å². The molecule has 8 heteroatoms. The van der Waals surface area contributed by atoms with Crippen LogP contribution in [0.4, 0.5) is 21.9 Å². The van der Waals surface area contributed by atoms with Crippen LogP contribution in [0.1, 0.15) is 31.7 Å². The number of hydrogen-bond acceptors (Lipinski definition) is 5. The molecule has 0 unspecified atom stereocenters. The Kier molecular flexibility index (Phi) is 9.41. The van der Waals surface area contributed by atoms with E-state index in [1.54, 1.807) is 7.11 Å². The Morgan fingerprint density at radius 1 is 0.854 bits per heavy atom. The standard InChI is InChI=1S/C33H41N5O3/c1-3-32(39)38(27-12-5-4-6-13-27)28-17-19-36(20-18-28)30-15-9-7-11-26(30)25-35-21-23-37(24-22-35)33(40)34-29-14-8-10-16-31(29)41-2/h4-16,28H,3,17-25H2,1-2H3,(H,34,40). The second-order valence-electron chi connectivity index (χ2n) is 10.7. The molecule has 3 aromatic rings. The first-order chi connectivity index (χ1) is 20.1. The maximum atomic E-state index is 12.9. The van der Waals surface area contributed by atoms with Crippen molar-refractivity contribution >= 4 is 29.0 Å². The molecule has 0 spiro atoms. The molecule has 1 N–H and O–H groups in total. The number of amides is 3. The summed E-state index contributed by atoms with van der Waals surface area (Å²) in [5, 5.41) is 2.99. The monoisotopic (exact) mass is 555 g/mol. The van der Waals surface area contributed by atoms with Crippen LogP contribution in [0.25, 0.3) is 0 Å². The van der Waals surface area contributed by atoms with Gasteiger partial charge in [-0.2, -0.15) is 0 Å². The van der Waals surface area contributed by atoms with E-state index >= 15 is 0 Å². The molecule has 5 rings (SSSR count). The van der Waals surface area contributed by atoms with Crippen molar-refractivity contribution in [1.82, 2.24) is 9.80 Å². The van der Waals surface area contributed by atoms with Crippen molar-refractivity contribution < 1.29 is 14.3 Å². The molecular weight excluding hydrogens is 514 g/mol. The van der Waals surface area contributed by atoms with Crippen LogP contribution in [0.15, 0.2) is 78.9 Å². The van der Waals surface area contributed by atoms with E-state index in [1.807, 2.05) is 71.3 Å². The molecule has 0 bridgehead atoms. The van der Waals surface area contributed by atoms with Gasteiger partial charge in [0.15, 0.2) is 0 Å². The molecule has 2 saturated heterocycles. The van der Waals surface area contributed by atoms with E-state index in [1.165, 1.54) is 11.3 Å². The Labute approximate surface area is 243 Å². The number of methoxy groups -OCH3 is 1. The maximum Gasteiger partial charge on any atom is 0.322 e. The van der Waals surface area contributed by atoms with Crippen molar-refractivity contribution in [2.24, 2.45) is 0 Å². The van der Waals surface area contributed by atoms with E-state index in [0.29, 0.717) is 30.9 Å². The third kappa shape index (κ3) is 6.82. The Morgan fingerprint density at radius 2 is 1.51 bits per heavy atom. The second-order valence-corrected chi connectivity index (χ2v) is 10.7. The number of anilines is 3. The van der Waals surface area contributed by atoms with E-state index < -0.39 is 0 Å². The summed E-state index contributed by atoms with van der Waals surface area (Å²) in [4.78, 5) is 34.6. The third-order valence-electron chi connectivity index (χ3n) is 8.17. The van der Waals surface area contributed by atoms with Crippen LogP contribution < -0.4 is 19.9 Å². The van der Waals surface area contributed by atoms with Crippen LogP contribution in [0.2, 0.25) is 0 Å². The molecule has 2 fully saturated rings. The molecule has 0 aromatic heterocycles. The zero-order valence-electron chi connectivity index (χ0n) is 24.2. The molecule has 0 radical (unpaired) electrons. The minimum atomic E-state index is -0.0940. The lowest BCUT2D eigenvalue weighted by molar-refractivity contribution is -0.118. The molecule has 2 heterocycles. The van der Waals surface area contributed by atoms with E-state index in [0.717, 1.165) is 51.3 Å². The van der Waals surface area contributed by atoms with Gasteiger partial charge in [-0.1, -0.05) is 55.5 Å². The van der Waals surface area contributed by atoms with Crippen LogP contribution in [-0.2, 0) is 11.3 Å². The third-order valence-corrected chi connectivity index (χ3v) is 8.17. The van der Waals surface area contributed by atoms with Crippen LogP contribution in [0.3, 0.4) is 0 Å². The number of ether oxygens (including phenoxy) is 1. The molecule has 41 heavy (non-hydrogen) atoms. The average Bonchev–Trinajstić information content (AvgIpc) is 3.03. The highest BCUT2D eigenvalue weighted by Crippen LogP contribution is 2.30. The van der Waals surface area contributed by atoms with Crippen LogP contribution in [0, 0.1) is 0 Å². The lowest BCUT2D eigenvalue weighted by Gasteiger charge is -2.40. The normalized spacial score (nSPS) is 16.3. The number of nitrogens with zero attached hydrogens (tertiary/aromatic N) is 4. The number of rotatable bonds is 8. The fourth-order valence-corrected chi connectivity index (χ4v) is 5.93. The Balaban J connectivity index is 1.17. The lowest BCUT2D eigenvalue weighted by Crippen LogP contribution is -2.50. The fourth-order valence-electron chi connectivity index (χ4n) is 5.93. The molecule has 0 saturated carbocycles. The predicted octanol–water partition coefficient (Wildman–Crippen LogP) is 5.46. The summed E-state index contributed by atoms with van der Waals surface area (Å²) in [6.07, 6.45) is 2.39. The topological polar surface area (TPSA) is 68.4 Å². The highest BCUT2D eigenvalue weighted by Gasteiger charge is 2.29. The lowest BCUT2D eigenvalue weighted by atomic mass is 10.00. The zero-order chi connectivity index (χ0) is 28.6. The smallest absolute Gasteiger partial charge is 0.322 e. The quantitative estimate of drug-likeness (QED) is 0.400. The van der Waals surface area contributed by atoms with Gasteiger partial charge < -0.3 is 24.8 Å². The highest BCUT2D eigenvalue weighted by molar-refractivity contribution is 5.94. The average molecular weight is 556 g/mol. The number of carbonyl (C=O) groups is 2. The predicted molar refractivity (Wildman–Crippen MR) is 165 cm³/mol. The Hall–Kier alpha value is -4.04. The van der Waals surface area contributed by atoms with Crippen LogP contribution >= 0.6 is 0 Å². The number of piperazine rings is 1. The van der Waals surface area contributed by atoms with Crippen LogP contribution in [0.5, 0.6) is 5.75 Å².